The average Bonchev–Trinajstić information content (AvgIpc) is 2.33. The molecule has 1 aromatic heterocycles. The van der Waals surface area contributed by atoms with Crippen LogP contribution in [-0.4, -0.2) is 23.1 Å². The second kappa shape index (κ2) is 7.17. The minimum atomic E-state index is 0.461. The van der Waals surface area contributed by atoms with Crippen LogP contribution >= 0.6 is 11.6 Å². The summed E-state index contributed by atoms with van der Waals surface area (Å²) in [6.07, 6.45) is 1.23. The SMILES string of the molecule is CCc1nc(Cl)cc(N(CCC#N)CC(C)C)n1. The smallest absolute Gasteiger partial charge is 0.134 e. The fourth-order valence-corrected chi connectivity index (χ4v) is 1.89. The molecule has 0 atom stereocenters. The second-order valence-corrected chi connectivity index (χ2v) is 4.95. The summed E-state index contributed by atoms with van der Waals surface area (Å²) < 4.78 is 0. The topological polar surface area (TPSA) is 52.8 Å². The van der Waals surface area contributed by atoms with Gasteiger partial charge in [-0.1, -0.05) is 32.4 Å². The van der Waals surface area contributed by atoms with E-state index in [4.69, 9.17) is 16.9 Å². The molecule has 0 aliphatic carbocycles. The van der Waals surface area contributed by atoms with E-state index in [9.17, 15) is 0 Å². The average molecular weight is 267 g/mol. The monoisotopic (exact) mass is 266 g/mol. The Kier molecular flexibility index (Phi) is 5.87. The summed E-state index contributed by atoms with van der Waals surface area (Å²) in [5.41, 5.74) is 0. The molecule has 4 nitrogen and oxygen atoms in total. The second-order valence-electron chi connectivity index (χ2n) is 4.57. The van der Waals surface area contributed by atoms with Crippen LogP contribution in [0.25, 0.3) is 0 Å². The molecule has 98 valence electrons. The lowest BCUT2D eigenvalue weighted by atomic mass is 10.2. The molecule has 1 rings (SSSR count). The third kappa shape index (κ3) is 4.50. The van der Waals surface area contributed by atoms with Crippen molar-refractivity contribution in [2.24, 2.45) is 5.92 Å². The lowest BCUT2D eigenvalue weighted by Gasteiger charge is -2.25. The van der Waals surface area contributed by atoms with Crippen molar-refractivity contribution < 1.29 is 0 Å². The third-order valence-corrected chi connectivity index (χ3v) is 2.64. The van der Waals surface area contributed by atoms with Crippen molar-refractivity contribution in [3.05, 3.63) is 17.0 Å². The molecule has 5 heteroatoms. The van der Waals surface area contributed by atoms with Crippen LogP contribution in [0, 0.1) is 17.2 Å². The highest BCUT2D eigenvalue weighted by atomic mass is 35.5. The van der Waals surface area contributed by atoms with E-state index in [2.05, 4.69) is 34.8 Å². The highest BCUT2D eigenvalue weighted by Gasteiger charge is 2.12. The lowest BCUT2D eigenvalue weighted by Crippen LogP contribution is -2.29. The Balaban J connectivity index is 2.96. The Morgan fingerprint density at radius 1 is 1.44 bits per heavy atom. The fraction of sp³-hybridized carbons (Fsp3) is 0.615. The first-order valence-electron chi connectivity index (χ1n) is 6.22. The van der Waals surface area contributed by atoms with Crippen molar-refractivity contribution in [3.8, 4) is 6.07 Å². The Labute approximate surface area is 114 Å². The van der Waals surface area contributed by atoms with Crippen LogP contribution in [0.5, 0.6) is 0 Å². The molecule has 0 N–H and O–H groups in total. The van der Waals surface area contributed by atoms with E-state index in [0.717, 1.165) is 24.6 Å². The number of aryl methyl sites for hydroxylation is 1. The van der Waals surface area contributed by atoms with E-state index in [1.165, 1.54) is 0 Å². The number of rotatable bonds is 6. The molecule has 0 aliphatic rings. The molecule has 0 bridgehead atoms. The van der Waals surface area contributed by atoms with Gasteiger partial charge in [0.2, 0.25) is 0 Å². The van der Waals surface area contributed by atoms with Crippen molar-refractivity contribution in [2.75, 3.05) is 18.0 Å². The van der Waals surface area contributed by atoms with Gasteiger partial charge in [0.05, 0.1) is 12.5 Å². The number of nitriles is 1. The minimum absolute atomic E-state index is 0.461. The standard InChI is InChI=1S/C13H19ClN4/c1-4-12-16-11(14)8-13(17-12)18(7-5-6-15)9-10(2)3/h8,10H,4-5,7,9H2,1-3H3. The summed E-state index contributed by atoms with van der Waals surface area (Å²) in [4.78, 5) is 10.7. The summed E-state index contributed by atoms with van der Waals surface area (Å²) in [6.45, 7) is 7.81. The molecule has 0 radical (unpaired) electrons. The zero-order chi connectivity index (χ0) is 13.5. The molecule has 1 heterocycles. The van der Waals surface area contributed by atoms with Crippen molar-refractivity contribution in [1.29, 1.82) is 5.26 Å². The maximum Gasteiger partial charge on any atom is 0.134 e. The minimum Gasteiger partial charge on any atom is -0.355 e. The number of hydrogen-bond acceptors (Lipinski definition) is 4. The van der Waals surface area contributed by atoms with E-state index in [-0.39, 0.29) is 0 Å². The summed E-state index contributed by atoms with van der Waals surface area (Å²) in [5.74, 6) is 2.06. The zero-order valence-electron chi connectivity index (χ0n) is 11.1. The van der Waals surface area contributed by atoms with Gasteiger partial charge in [-0.3, -0.25) is 0 Å². The summed E-state index contributed by atoms with van der Waals surface area (Å²) in [6, 6.07) is 3.93. The molecule has 0 spiro atoms. The van der Waals surface area contributed by atoms with Crippen molar-refractivity contribution in [3.63, 3.8) is 0 Å². The van der Waals surface area contributed by atoms with E-state index >= 15 is 0 Å². The van der Waals surface area contributed by atoms with Crippen LogP contribution < -0.4 is 4.90 Å². The van der Waals surface area contributed by atoms with Gasteiger partial charge in [-0.15, -0.1) is 0 Å². The quantitative estimate of drug-likeness (QED) is 0.743. The normalized spacial score (nSPS) is 10.4. The Morgan fingerprint density at radius 3 is 2.72 bits per heavy atom. The predicted molar refractivity (Wildman–Crippen MR) is 73.7 cm³/mol. The molecule has 0 aliphatic heterocycles. The first-order valence-corrected chi connectivity index (χ1v) is 6.60. The van der Waals surface area contributed by atoms with E-state index in [0.29, 0.717) is 24.0 Å². The van der Waals surface area contributed by atoms with E-state index in [1.54, 1.807) is 6.07 Å². The van der Waals surface area contributed by atoms with Crippen molar-refractivity contribution in [2.45, 2.75) is 33.6 Å². The predicted octanol–water partition coefficient (Wildman–Crippen LogP) is 3.07. The van der Waals surface area contributed by atoms with E-state index in [1.807, 2.05) is 6.92 Å². The van der Waals surface area contributed by atoms with Crippen LogP contribution in [0.4, 0.5) is 5.82 Å². The van der Waals surface area contributed by atoms with Gasteiger partial charge < -0.3 is 4.90 Å². The number of halogens is 1. The molecule has 0 saturated carbocycles. The molecule has 18 heavy (non-hydrogen) atoms. The van der Waals surface area contributed by atoms with Gasteiger partial charge in [0, 0.05) is 25.6 Å². The summed E-state index contributed by atoms with van der Waals surface area (Å²) in [7, 11) is 0. The van der Waals surface area contributed by atoms with Gasteiger partial charge in [-0.25, -0.2) is 9.97 Å². The van der Waals surface area contributed by atoms with Gasteiger partial charge in [0.1, 0.15) is 16.8 Å². The third-order valence-electron chi connectivity index (χ3n) is 2.45. The molecule has 0 fully saturated rings. The molecular formula is C13H19ClN4. The van der Waals surface area contributed by atoms with Gasteiger partial charge >= 0.3 is 0 Å². The number of anilines is 1. The van der Waals surface area contributed by atoms with Crippen molar-refractivity contribution in [1.82, 2.24) is 9.97 Å². The highest BCUT2D eigenvalue weighted by molar-refractivity contribution is 6.29. The molecule has 0 amide bonds. The lowest BCUT2D eigenvalue weighted by molar-refractivity contribution is 0.606. The highest BCUT2D eigenvalue weighted by Crippen LogP contribution is 2.18. The Morgan fingerprint density at radius 2 is 2.17 bits per heavy atom. The van der Waals surface area contributed by atoms with Gasteiger partial charge in [0.15, 0.2) is 0 Å². The Bertz CT molecular complexity index is 425. The first-order chi connectivity index (χ1) is 8.56. The van der Waals surface area contributed by atoms with Crippen LogP contribution in [0.2, 0.25) is 5.15 Å². The first kappa shape index (κ1) is 14.7. The van der Waals surface area contributed by atoms with Crippen LogP contribution in [0.15, 0.2) is 6.07 Å². The summed E-state index contributed by atoms with van der Waals surface area (Å²) >= 11 is 6.00. The molecule has 0 saturated heterocycles. The maximum atomic E-state index is 8.72. The van der Waals surface area contributed by atoms with Gasteiger partial charge in [0.25, 0.3) is 0 Å². The molecule has 0 aromatic carbocycles. The number of aromatic nitrogens is 2. The van der Waals surface area contributed by atoms with Crippen molar-refractivity contribution >= 4 is 17.4 Å². The van der Waals surface area contributed by atoms with Gasteiger partial charge in [-0.2, -0.15) is 5.26 Å². The largest absolute Gasteiger partial charge is 0.355 e. The van der Waals surface area contributed by atoms with Gasteiger partial charge in [-0.05, 0) is 5.92 Å². The van der Waals surface area contributed by atoms with Crippen LogP contribution in [-0.2, 0) is 6.42 Å². The molecular weight excluding hydrogens is 248 g/mol. The molecule has 0 unspecified atom stereocenters. The number of nitrogens with zero attached hydrogens (tertiary/aromatic N) is 4. The zero-order valence-corrected chi connectivity index (χ0v) is 11.9. The van der Waals surface area contributed by atoms with Crippen LogP contribution in [0.1, 0.15) is 33.0 Å². The maximum absolute atomic E-state index is 8.72. The van der Waals surface area contributed by atoms with E-state index < -0.39 is 0 Å². The van der Waals surface area contributed by atoms with Crippen LogP contribution in [0.3, 0.4) is 0 Å². The molecule has 1 aromatic rings. The summed E-state index contributed by atoms with van der Waals surface area (Å²) in [5, 5.41) is 9.18. The number of hydrogen-bond donors (Lipinski definition) is 0. The fourth-order valence-electron chi connectivity index (χ4n) is 1.70. The Hall–Kier alpha value is -1.34.